The minimum absolute atomic E-state index is 0.00291. The summed E-state index contributed by atoms with van der Waals surface area (Å²) in [5, 5.41) is 10.4. The van der Waals surface area contributed by atoms with Gasteiger partial charge in [0, 0.05) is 23.4 Å². The first-order chi connectivity index (χ1) is 15.3. The summed E-state index contributed by atoms with van der Waals surface area (Å²) in [5.74, 6) is -2.45. The molecule has 3 N–H and O–H groups in total. The molecule has 1 atom stereocenters. The Morgan fingerprint density at radius 2 is 2.06 bits per heavy atom. The summed E-state index contributed by atoms with van der Waals surface area (Å²) < 4.78 is 0.621. The number of aliphatic carboxylic acids is 1. The number of anilines is 1. The van der Waals surface area contributed by atoms with Crippen LogP contribution < -0.4 is 5.73 Å². The van der Waals surface area contributed by atoms with Crippen molar-refractivity contribution in [3.63, 3.8) is 0 Å². The molecule has 1 aromatic carbocycles. The summed E-state index contributed by atoms with van der Waals surface area (Å²) in [6.45, 7) is -0.0504. The zero-order valence-corrected chi connectivity index (χ0v) is 18.2. The minimum Gasteiger partial charge on any atom is -0.480 e. The van der Waals surface area contributed by atoms with E-state index >= 15 is 0 Å². The summed E-state index contributed by atoms with van der Waals surface area (Å²) >= 11 is 7.25. The third kappa shape index (κ3) is 4.41. The van der Waals surface area contributed by atoms with Crippen molar-refractivity contribution in [2.75, 3.05) is 18.8 Å². The van der Waals surface area contributed by atoms with Crippen molar-refractivity contribution >= 4 is 63.5 Å². The average molecular weight is 472 g/mol. The first-order valence-corrected chi connectivity index (χ1v) is 10.8. The van der Waals surface area contributed by atoms with E-state index in [9.17, 15) is 19.5 Å². The quantitative estimate of drug-likeness (QED) is 0.527. The predicted octanol–water partition coefficient (Wildman–Crippen LogP) is 2.26. The predicted molar refractivity (Wildman–Crippen MR) is 121 cm³/mol. The number of thiophene rings is 1. The van der Waals surface area contributed by atoms with E-state index in [0.717, 1.165) is 9.78 Å². The lowest BCUT2D eigenvalue weighted by Gasteiger charge is -2.37. The highest BCUT2D eigenvalue weighted by Gasteiger charge is 2.42. The molecular weight excluding hydrogens is 454 g/mol. The Morgan fingerprint density at radius 3 is 2.78 bits per heavy atom. The van der Waals surface area contributed by atoms with Crippen molar-refractivity contribution in [3.05, 3.63) is 57.5 Å². The fourth-order valence-electron chi connectivity index (χ4n) is 3.49. The molecule has 2 amide bonds. The highest BCUT2D eigenvalue weighted by atomic mass is 35.5. The van der Waals surface area contributed by atoms with Crippen LogP contribution in [0.4, 0.5) is 5.82 Å². The Bertz CT molecular complexity index is 1240. The van der Waals surface area contributed by atoms with E-state index in [2.05, 4.69) is 9.97 Å². The second kappa shape index (κ2) is 8.93. The lowest BCUT2D eigenvalue weighted by Crippen LogP contribution is -2.61. The summed E-state index contributed by atoms with van der Waals surface area (Å²) in [5.41, 5.74) is 7.13. The Labute approximate surface area is 191 Å². The van der Waals surface area contributed by atoms with Crippen LogP contribution in [-0.2, 0) is 20.9 Å². The van der Waals surface area contributed by atoms with E-state index in [1.165, 1.54) is 22.6 Å². The van der Waals surface area contributed by atoms with E-state index in [1.54, 1.807) is 36.4 Å². The fraction of sp³-hybridized carbons (Fsp3) is 0.190. The van der Waals surface area contributed by atoms with Gasteiger partial charge < -0.3 is 20.6 Å². The van der Waals surface area contributed by atoms with Gasteiger partial charge in [-0.25, -0.2) is 14.8 Å². The smallest absolute Gasteiger partial charge is 0.328 e. The number of nitrogens with two attached hydrogens (primary N) is 1. The summed E-state index contributed by atoms with van der Waals surface area (Å²) in [6.07, 6.45) is 4.72. The molecule has 1 unspecified atom stereocenters. The molecular formula is C21H18ClN5O4S. The monoisotopic (exact) mass is 471 g/mol. The van der Waals surface area contributed by atoms with Gasteiger partial charge in [0.2, 0.25) is 0 Å². The molecule has 4 rings (SSSR count). The number of nitrogen functional groups attached to an aromatic ring is 1. The van der Waals surface area contributed by atoms with Crippen molar-refractivity contribution in [3.8, 4) is 0 Å². The summed E-state index contributed by atoms with van der Waals surface area (Å²) in [7, 11) is 0. The molecule has 32 heavy (non-hydrogen) atoms. The molecule has 164 valence electrons. The number of piperazine rings is 1. The van der Waals surface area contributed by atoms with Gasteiger partial charge in [-0.05, 0) is 35.9 Å². The number of aromatic nitrogens is 2. The van der Waals surface area contributed by atoms with Gasteiger partial charge in [-0.3, -0.25) is 9.59 Å². The molecule has 1 fully saturated rings. The van der Waals surface area contributed by atoms with Crippen LogP contribution in [0.5, 0.6) is 0 Å². The van der Waals surface area contributed by atoms with Crippen LogP contribution in [0.1, 0.15) is 10.4 Å². The van der Waals surface area contributed by atoms with Crippen molar-refractivity contribution in [1.82, 2.24) is 19.8 Å². The molecule has 0 bridgehead atoms. The number of carboxylic acids is 1. The maximum absolute atomic E-state index is 12.7. The topological polar surface area (TPSA) is 130 Å². The first kappa shape index (κ1) is 21.7. The first-order valence-electron chi connectivity index (χ1n) is 9.57. The average Bonchev–Trinajstić information content (AvgIpc) is 3.18. The van der Waals surface area contributed by atoms with Gasteiger partial charge in [0.15, 0.2) is 0 Å². The number of amides is 2. The number of benzene rings is 1. The zero-order valence-electron chi connectivity index (χ0n) is 16.6. The molecule has 0 aliphatic carbocycles. The number of nitrogens with zero attached hydrogens (tertiary/aromatic N) is 4. The van der Waals surface area contributed by atoms with Crippen molar-refractivity contribution in [2.24, 2.45) is 0 Å². The molecule has 3 heterocycles. The van der Waals surface area contributed by atoms with Gasteiger partial charge in [0.25, 0.3) is 0 Å². The number of hydrogen-bond acceptors (Lipinski definition) is 7. The van der Waals surface area contributed by atoms with E-state index in [-0.39, 0.29) is 19.6 Å². The third-order valence-electron chi connectivity index (χ3n) is 5.07. The van der Waals surface area contributed by atoms with Gasteiger partial charge >= 0.3 is 17.8 Å². The molecule has 0 saturated carbocycles. The highest BCUT2D eigenvalue weighted by Crippen LogP contribution is 2.23. The zero-order chi connectivity index (χ0) is 22.8. The second-order valence-electron chi connectivity index (χ2n) is 7.15. The molecule has 0 radical (unpaired) electrons. The lowest BCUT2D eigenvalue weighted by atomic mass is 10.1. The SMILES string of the molecule is Nc1ncnc2cc(CN3CC(C(=O)O)N(CC=Cc4ccc(Cl)s4)C(=O)C3=O)ccc12. The Kier molecular flexibility index (Phi) is 6.06. The van der Waals surface area contributed by atoms with Gasteiger partial charge in [-0.15, -0.1) is 11.3 Å². The Hall–Kier alpha value is -3.50. The summed E-state index contributed by atoms with van der Waals surface area (Å²) in [4.78, 5) is 48.6. The van der Waals surface area contributed by atoms with E-state index in [1.807, 2.05) is 6.07 Å². The number of carboxylic acid groups (broad SMARTS) is 1. The molecule has 3 aromatic rings. The number of rotatable bonds is 6. The molecule has 1 saturated heterocycles. The molecule has 9 nitrogen and oxygen atoms in total. The van der Waals surface area contributed by atoms with Crippen LogP contribution in [0.25, 0.3) is 17.0 Å². The Balaban J connectivity index is 1.51. The van der Waals surface area contributed by atoms with Gasteiger partial charge in [-0.2, -0.15) is 0 Å². The molecule has 1 aliphatic heterocycles. The lowest BCUT2D eigenvalue weighted by molar-refractivity contribution is -0.165. The van der Waals surface area contributed by atoms with E-state index in [4.69, 9.17) is 17.3 Å². The van der Waals surface area contributed by atoms with Crippen LogP contribution in [0.3, 0.4) is 0 Å². The van der Waals surface area contributed by atoms with Crippen molar-refractivity contribution < 1.29 is 19.5 Å². The van der Waals surface area contributed by atoms with Crippen LogP contribution in [0.2, 0.25) is 4.34 Å². The number of fused-ring (bicyclic) bond motifs is 1. The van der Waals surface area contributed by atoms with Crippen molar-refractivity contribution in [2.45, 2.75) is 12.6 Å². The number of carbonyl (C=O) groups is 3. The number of hydrogen-bond donors (Lipinski definition) is 2. The number of carbonyl (C=O) groups excluding carboxylic acids is 2. The number of halogens is 1. The largest absolute Gasteiger partial charge is 0.480 e. The van der Waals surface area contributed by atoms with Crippen LogP contribution in [0, 0.1) is 0 Å². The van der Waals surface area contributed by atoms with Gasteiger partial charge in [0.05, 0.1) is 16.4 Å². The Morgan fingerprint density at radius 1 is 1.25 bits per heavy atom. The maximum Gasteiger partial charge on any atom is 0.328 e. The van der Waals surface area contributed by atoms with Crippen LogP contribution in [0.15, 0.2) is 42.7 Å². The van der Waals surface area contributed by atoms with Crippen LogP contribution >= 0.6 is 22.9 Å². The minimum atomic E-state index is -1.18. The summed E-state index contributed by atoms with van der Waals surface area (Å²) in [6, 6.07) is 7.62. The molecule has 2 aromatic heterocycles. The van der Waals surface area contributed by atoms with Crippen LogP contribution in [-0.4, -0.2) is 61.8 Å². The maximum atomic E-state index is 12.7. The van der Waals surface area contributed by atoms with Crippen molar-refractivity contribution in [1.29, 1.82) is 0 Å². The van der Waals surface area contributed by atoms with Gasteiger partial charge in [0.1, 0.15) is 18.2 Å². The highest BCUT2D eigenvalue weighted by molar-refractivity contribution is 7.16. The third-order valence-corrected chi connectivity index (χ3v) is 6.27. The van der Waals surface area contributed by atoms with E-state index in [0.29, 0.717) is 26.6 Å². The normalized spacial score (nSPS) is 17.0. The molecule has 11 heteroatoms. The molecule has 0 spiro atoms. The van der Waals surface area contributed by atoms with E-state index < -0.39 is 23.8 Å². The molecule has 1 aliphatic rings. The van der Waals surface area contributed by atoms with Gasteiger partial charge in [-0.1, -0.05) is 23.7 Å². The standard InChI is InChI=1S/C21H18ClN5O4S/c22-17-6-4-13(32-17)2-1-7-27-16(21(30)31)10-26(19(28)20(27)29)9-12-3-5-14-15(8-12)24-11-25-18(14)23/h1-6,8,11,16H,7,9-10H2,(H,30,31)(H2,23,24,25). The fourth-order valence-corrected chi connectivity index (χ4v) is 4.48. The second-order valence-corrected chi connectivity index (χ2v) is 8.90.